The fourth-order valence-corrected chi connectivity index (χ4v) is 2.02. The van der Waals surface area contributed by atoms with E-state index in [1.54, 1.807) is 12.1 Å². The second-order valence-corrected chi connectivity index (χ2v) is 4.56. The molecule has 0 fully saturated rings. The molecule has 0 aliphatic rings. The summed E-state index contributed by atoms with van der Waals surface area (Å²) >= 11 is 0. The predicted octanol–water partition coefficient (Wildman–Crippen LogP) is 3.31. The van der Waals surface area contributed by atoms with E-state index in [4.69, 9.17) is 5.11 Å². The molecule has 0 amide bonds. The van der Waals surface area contributed by atoms with Crippen molar-refractivity contribution in [2.75, 3.05) is 6.54 Å². The molecule has 0 heterocycles. The number of halogens is 2. The van der Waals surface area contributed by atoms with E-state index in [9.17, 15) is 13.6 Å². The summed E-state index contributed by atoms with van der Waals surface area (Å²) in [5, 5.41) is 8.79. The molecule has 1 rings (SSSR count). The minimum absolute atomic E-state index is 0.000518. The molecule has 1 aromatic carbocycles. The molecule has 1 aromatic rings. The lowest BCUT2D eigenvalue weighted by molar-refractivity contribution is -0.138. The van der Waals surface area contributed by atoms with Crippen LogP contribution in [0.15, 0.2) is 24.3 Å². The van der Waals surface area contributed by atoms with Crippen molar-refractivity contribution in [1.82, 2.24) is 4.90 Å². The predicted molar refractivity (Wildman–Crippen MR) is 69.2 cm³/mol. The van der Waals surface area contributed by atoms with Crippen LogP contribution in [0, 0.1) is 0 Å². The van der Waals surface area contributed by atoms with Crippen molar-refractivity contribution in [1.29, 1.82) is 0 Å². The van der Waals surface area contributed by atoms with E-state index in [0.29, 0.717) is 13.1 Å². The topological polar surface area (TPSA) is 40.5 Å². The first-order valence-electron chi connectivity index (χ1n) is 6.26. The second-order valence-electron chi connectivity index (χ2n) is 4.56. The molecule has 1 N–H and O–H groups in total. The van der Waals surface area contributed by atoms with E-state index in [1.807, 2.05) is 18.7 Å². The number of carboxylic acid groups (broad SMARTS) is 1. The second kappa shape index (κ2) is 7.19. The van der Waals surface area contributed by atoms with Crippen molar-refractivity contribution in [2.24, 2.45) is 0 Å². The molecule has 0 saturated heterocycles. The highest BCUT2D eigenvalue weighted by atomic mass is 19.3. The molecule has 0 radical (unpaired) electrons. The maximum atomic E-state index is 12.6. The fourth-order valence-electron chi connectivity index (χ4n) is 2.02. The van der Waals surface area contributed by atoms with Gasteiger partial charge in [0.25, 0.3) is 6.43 Å². The lowest BCUT2D eigenvalue weighted by Crippen LogP contribution is -2.34. The smallest absolute Gasteiger partial charge is 0.304 e. The van der Waals surface area contributed by atoms with Crippen molar-refractivity contribution >= 4 is 5.97 Å². The van der Waals surface area contributed by atoms with Gasteiger partial charge in [0.15, 0.2) is 0 Å². The Bertz CT molecular complexity index is 424. The summed E-state index contributed by atoms with van der Waals surface area (Å²) in [7, 11) is 0. The molecule has 106 valence electrons. The number of hydrogen-bond donors (Lipinski definition) is 1. The molecular weight excluding hydrogens is 252 g/mol. The third-order valence-electron chi connectivity index (χ3n) is 3.09. The van der Waals surface area contributed by atoms with Crippen LogP contribution in [0.5, 0.6) is 0 Å². The van der Waals surface area contributed by atoms with Gasteiger partial charge in [0.2, 0.25) is 0 Å². The van der Waals surface area contributed by atoms with Crippen LogP contribution in [0.25, 0.3) is 0 Å². The molecular formula is C14H19F2NO2. The molecule has 19 heavy (non-hydrogen) atoms. The number of carboxylic acids is 1. The van der Waals surface area contributed by atoms with Crippen molar-refractivity contribution < 1.29 is 18.7 Å². The third kappa shape index (κ3) is 4.95. The van der Waals surface area contributed by atoms with Crippen molar-refractivity contribution in [3.8, 4) is 0 Å². The summed E-state index contributed by atoms with van der Waals surface area (Å²) in [5.41, 5.74) is 0.774. The van der Waals surface area contributed by atoms with E-state index < -0.39 is 12.4 Å². The Balaban J connectivity index is 2.75. The van der Waals surface area contributed by atoms with Crippen LogP contribution in [-0.2, 0) is 11.3 Å². The number of aliphatic carboxylic acids is 1. The van der Waals surface area contributed by atoms with Crippen LogP contribution in [-0.4, -0.2) is 28.6 Å². The van der Waals surface area contributed by atoms with Crippen LogP contribution in [0.4, 0.5) is 8.78 Å². The van der Waals surface area contributed by atoms with E-state index in [1.165, 1.54) is 12.1 Å². The average Bonchev–Trinajstić information content (AvgIpc) is 2.35. The Morgan fingerprint density at radius 2 is 2.11 bits per heavy atom. The molecule has 1 unspecified atom stereocenters. The van der Waals surface area contributed by atoms with Gasteiger partial charge in [-0.1, -0.05) is 25.1 Å². The fraction of sp³-hybridized carbons (Fsp3) is 0.500. The first kappa shape index (κ1) is 15.6. The average molecular weight is 271 g/mol. The quantitative estimate of drug-likeness (QED) is 0.827. The van der Waals surface area contributed by atoms with Crippen LogP contribution in [0.1, 0.15) is 37.8 Å². The molecule has 0 aliphatic heterocycles. The van der Waals surface area contributed by atoms with Gasteiger partial charge in [0.05, 0.1) is 6.42 Å². The Hall–Kier alpha value is -1.49. The molecule has 0 saturated carbocycles. The van der Waals surface area contributed by atoms with Crippen molar-refractivity contribution in [3.63, 3.8) is 0 Å². The lowest BCUT2D eigenvalue weighted by Gasteiger charge is -2.26. The number of alkyl halides is 2. The Morgan fingerprint density at radius 3 is 2.63 bits per heavy atom. The Labute approximate surface area is 111 Å². The van der Waals surface area contributed by atoms with Gasteiger partial charge in [-0.2, -0.15) is 0 Å². The molecule has 0 spiro atoms. The highest BCUT2D eigenvalue weighted by molar-refractivity contribution is 5.67. The Morgan fingerprint density at radius 1 is 1.42 bits per heavy atom. The molecule has 1 atom stereocenters. The maximum Gasteiger partial charge on any atom is 0.304 e. The van der Waals surface area contributed by atoms with E-state index in [2.05, 4.69) is 0 Å². The van der Waals surface area contributed by atoms with Gasteiger partial charge in [-0.15, -0.1) is 0 Å². The van der Waals surface area contributed by atoms with Crippen LogP contribution in [0.2, 0.25) is 0 Å². The van der Waals surface area contributed by atoms with Gasteiger partial charge in [-0.05, 0) is 25.1 Å². The summed E-state index contributed by atoms with van der Waals surface area (Å²) in [6.45, 7) is 4.91. The number of rotatable bonds is 7. The zero-order valence-electron chi connectivity index (χ0n) is 11.1. The van der Waals surface area contributed by atoms with Gasteiger partial charge in [0.1, 0.15) is 0 Å². The molecule has 0 aliphatic carbocycles. The molecule has 0 aromatic heterocycles. The number of hydrogen-bond acceptors (Lipinski definition) is 2. The summed E-state index contributed by atoms with van der Waals surface area (Å²) < 4.78 is 25.2. The largest absolute Gasteiger partial charge is 0.481 e. The molecule has 0 bridgehead atoms. The first-order chi connectivity index (χ1) is 8.93. The lowest BCUT2D eigenvalue weighted by atomic mass is 10.1. The summed E-state index contributed by atoms with van der Waals surface area (Å²) in [6.07, 6.45) is -2.44. The third-order valence-corrected chi connectivity index (χ3v) is 3.09. The minimum atomic E-state index is -2.48. The van der Waals surface area contributed by atoms with Crippen molar-refractivity contribution in [2.45, 2.75) is 39.3 Å². The summed E-state index contributed by atoms with van der Waals surface area (Å²) in [4.78, 5) is 12.7. The van der Waals surface area contributed by atoms with Crippen LogP contribution in [0.3, 0.4) is 0 Å². The number of carbonyl (C=O) groups is 1. The summed E-state index contributed by atoms with van der Waals surface area (Å²) in [6, 6.07) is 6.12. The standard InChI is InChI=1S/C14H19F2NO2/c1-3-17(10(2)7-13(18)19)9-11-5-4-6-12(8-11)14(15)16/h4-6,8,10,14H,3,7,9H2,1-2H3,(H,18,19). The van der Waals surface area contributed by atoms with Gasteiger partial charge >= 0.3 is 5.97 Å². The van der Waals surface area contributed by atoms with Crippen molar-refractivity contribution in [3.05, 3.63) is 35.4 Å². The SMILES string of the molecule is CCN(Cc1cccc(C(F)F)c1)C(C)CC(=O)O. The molecule has 3 nitrogen and oxygen atoms in total. The monoisotopic (exact) mass is 271 g/mol. The maximum absolute atomic E-state index is 12.6. The van der Waals surface area contributed by atoms with Gasteiger partial charge in [-0.3, -0.25) is 9.69 Å². The first-order valence-corrected chi connectivity index (χ1v) is 6.26. The number of benzene rings is 1. The normalized spacial score (nSPS) is 12.9. The number of nitrogens with zero attached hydrogens (tertiary/aromatic N) is 1. The highest BCUT2D eigenvalue weighted by Crippen LogP contribution is 2.20. The van der Waals surface area contributed by atoms with E-state index in [0.717, 1.165) is 5.56 Å². The Kier molecular flexibility index (Phi) is 5.89. The molecule has 5 heteroatoms. The van der Waals surface area contributed by atoms with E-state index in [-0.39, 0.29) is 18.0 Å². The minimum Gasteiger partial charge on any atom is -0.481 e. The zero-order valence-corrected chi connectivity index (χ0v) is 11.1. The van der Waals surface area contributed by atoms with Crippen LogP contribution >= 0.6 is 0 Å². The zero-order chi connectivity index (χ0) is 14.4. The van der Waals surface area contributed by atoms with Gasteiger partial charge in [0, 0.05) is 18.2 Å². The summed E-state index contributed by atoms with van der Waals surface area (Å²) in [5.74, 6) is -0.854. The highest BCUT2D eigenvalue weighted by Gasteiger charge is 2.16. The van der Waals surface area contributed by atoms with Gasteiger partial charge < -0.3 is 5.11 Å². The van der Waals surface area contributed by atoms with E-state index >= 15 is 0 Å². The van der Waals surface area contributed by atoms with Gasteiger partial charge in [-0.25, -0.2) is 8.78 Å². The van der Waals surface area contributed by atoms with Crippen LogP contribution < -0.4 is 0 Å².